The van der Waals surface area contributed by atoms with Gasteiger partial charge in [0, 0.05) is 16.7 Å². The van der Waals surface area contributed by atoms with Crippen LogP contribution in [0.15, 0.2) is 18.2 Å². The van der Waals surface area contributed by atoms with E-state index < -0.39 is 6.09 Å². The van der Waals surface area contributed by atoms with Crippen molar-refractivity contribution in [1.29, 1.82) is 0 Å². The molecule has 0 atom stereocenters. The maximum absolute atomic E-state index is 11.0. The molecule has 1 N–H and O–H groups in total. The molecule has 1 amide bonds. The van der Waals surface area contributed by atoms with Crippen LogP contribution in [-0.2, 0) is 0 Å². The number of carboxylic acid groups (broad SMARTS) is 1. The zero-order valence-electron chi connectivity index (χ0n) is 8.29. The lowest BCUT2D eigenvalue weighted by atomic mass is 10.3. The van der Waals surface area contributed by atoms with E-state index in [1.807, 2.05) is 0 Å². The smallest absolute Gasteiger partial charge is 0.411 e. The summed E-state index contributed by atoms with van der Waals surface area (Å²) in [4.78, 5) is 12.3. The van der Waals surface area contributed by atoms with E-state index in [-0.39, 0.29) is 0 Å². The number of hydrogen-bond acceptors (Lipinski definition) is 1. The number of hydrogen-bond donors (Lipinski definition) is 1. The van der Waals surface area contributed by atoms with Gasteiger partial charge in [0.2, 0.25) is 0 Å². The van der Waals surface area contributed by atoms with Crippen LogP contribution in [0.2, 0.25) is 10.0 Å². The number of rotatable bonds is 4. The number of halogens is 3. The van der Waals surface area contributed by atoms with E-state index in [2.05, 4.69) is 22.6 Å². The molecule has 0 spiro atoms. The standard InChI is InChI=1S/C10H10Cl2INO2/c11-8-3-2-7(6-9(8)12)14(10(15)16)5-1-4-13/h2-3,6H,1,4-5H2,(H,15,16). The molecule has 0 aromatic heterocycles. The molecule has 88 valence electrons. The summed E-state index contributed by atoms with van der Waals surface area (Å²) in [6.45, 7) is 0.455. The Bertz CT molecular complexity index is 387. The molecule has 1 aromatic carbocycles. The summed E-state index contributed by atoms with van der Waals surface area (Å²) in [6, 6.07) is 4.81. The minimum Gasteiger partial charge on any atom is -0.465 e. The van der Waals surface area contributed by atoms with Crippen molar-refractivity contribution >= 4 is 57.6 Å². The molecule has 0 fully saturated rings. The molecule has 0 aliphatic rings. The van der Waals surface area contributed by atoms with E-state index in [0.717, 1.165) is 10.8 Å². The summed E-state index contributed by atoms with van der Waals surface area (Å²) in [6.07, 6.45) is -0.184. The second-order valence-electron chi connectivity index (χ2n) is 3.08. The van der Waals surface area contributed by atoms with Crippen LogP contribution in [0, 0.1) is 0 Å². The predicted molar refractivity (Wildman–Crippen MR) is 75.3 cm³/mol. The molecule has 1 aromatic rings. The molecular weight excluding hydrogens is 364 g/mol. The predicted octanol–water partition coefficient (Wildman–Crippen LogP) is 4.30. The Morgan fingerprint density at radius 3 is 2.56 bits per heavy atom. The molecule has 0 bridgehead atoms. The van der Waals surface area contributed by atoms with Gasteiger partial charge in [-0.15, -0.1) is 0 Å². The van der Waals surface area contributed by atoms with Gasteiger partial charge < -0.3 is 5.11 Å². The molecule has 3 nitrogen and oxygen atoms in total. The molecule has 0 aliphatic heterocycles. The fourth-order valence-electron chi connectivity index (χ4n) is 1.21. The maximum Gasteiger partial charge on any atom is 0.411 e. The largest absolute Gasteiger partial charge is 0.465 e. The van der Waals surface area contributed by atoms with Gasteiger partial charge in [0.05, 0.1) is 10.0 Å². The first-order valence-electron chi connectivity index (χ1n) is 4.57. The first-order valence-corrected chi connectivity index (χ1v) is 6.86. The third kappa shape index (κ3) is 3.68. The normalized spacial score (nSPS) is 10.2. The van der Waals surface area contributed by atoms with Gasteiger partial charge in [-0.25, -0.2) is 4.79 Å². The second kappa shape index (κ2) is 6.51. The minimum absolute atomic E-state index is 0.361. The van der Waals surface area contributed by atoms with Crippen molar-refractivity contribution in [2.24, 2.45) is 0 Å². The third-order valence-corrected chi connectivity index (χ3v) is 3.46. The van der Waals surface area contributed by atoms with E-state index >= 15 is 0 Å². The Labute approximate surface area is 117 Å². The van der Waals surface area contributed by atoms with Crippen molar-refractivity contribution in [1.82, 2.24) is 0 Å². The summed E-state index contributed by atoms with van der Waals surface area (Å²) in [5.41, 5.74) is 0.548. The van der Waals surface area contributed by atoms with Crippen molar-refractivity contribution < 1.29 is 9.90 Å². The molecule has 0 saturated carbocycles. The second-order valence-corrected chi connectivity index (χ2v) is 4.97. The monoisotopic (exact) mass is 373 g/mol. The van der Waals surface area contributed by atoms with Crippen molar-refractivity contribution in [2.45, 2.75) is 6.42 Å². The SMILES string of the molecule is O=C(O)N(CCCI)c1ccc(Cl)c(Cl)c1. The topological polar surface area (TPSA) is 40.5 Å². The zero-order valence-corrected chi connectivity index (χ0v) is 12.0. The number of benzene rings is 1. The van der Waals surface area contributed by atoms with Gasteiger partial charge in [0.1, 0.15) is 0 Å². The summed E-state index contributed by atoms with van der Waals surface area (Å²) >= 11 is 13.8. The van der Waals surface area contributed by atoms with E-state index in [1.165, 1.54) is 4.90 Å². The summed E-state index contributed by atoms with van der Waals surface area (Å²) in [5, 5.41) is 9.84. The van der Waals surface area contributed by atoms with Crippen molar-refractivity contribution in [3.8, 4) is 0 Å². The highest BCUT2D eigenvalue weighted by molar-refractivity contribution is 14.1. The van der Waals surface area contributed by atoms with Crippen LogP contribution in [0.4, 0.5) is 10.5 Å². The Hall–Kier alpha value is -0.200. The van der Waals surface area contributed by atoms with Gasteiger partial charge >= 0.3 is 6.09 Å². The molecule has 0 saturated heterocycles. The van der Waals surface area contributed by atoms with Crippen LogP contribution in [0.5, 0.6) is 0 Å². The maximum atomic E-state index is 11.0. The van der Waals surface area contributed by atoms with Crippen LogP contribution in [-0.4, -0.2) is 22.2 Å². The lowest BCUT2D eigenvalue weighted by molar-refractivity contribution is 0.202. The Balaban J connectivity index is 2.92. The summed E-state index contributed by atoms with van der Waals surface area (Å²) in [5.74, 6) is 0. The molecule has 0 heterocycles. The Morgan fingerprint density at radius 2 is 2.06 bits per heavy atom. The van der Waals surface area contributed by atoms with Crippen LogP contribution >= 0.6 is 45.8 Å². The molecule has 0 unspecified atom stereocenters. The molecular formula is C10H10Cl2INO2. The molecule has 16 heavy (non-hydrogen) atoms. The highest BCUT2D eigenvalue weighted by atomic mass is 127. The van der Waals surface area contributed by atoms with Gasteiger partial charge in [-0.3, -0.25) is 4.90 Å². The van der Waals surface area contributed by atoms with E-state index in [1.54, 1.807) is 18.2 Å². The quantitative estimate of drug-likeness (QED) is 0.631. The van der Waals surface area contributed by atoms with Crippen LogP contribution in [0.1, 0.15) is 6.42 Å². The van der Waals surface area contributed by atoms with Crippen molar-refractivity contribution in [3.63, 3.8) is 0 Å². The molecule has 6 heteroatoms. The summed E-state index contributed by atoms with van der Waals surface area (Å²) < 4.78 is 0.906. The number of carbonyl (C=O) groups is 1. The minimum atomic E-state index is -0.983. The number of anilines is 1. The van der Waals surface area contributed by atoms with Gasteiger partial charge in [-0.2, -0.15) is 0 Å². The Morgan fingerprint density at radius 1 is 1.38 bits per heavy atom. The average Bonchev–Trinajstić information content (AvgIpc) is 2.23. The fourth-order valence-corrected chi connectivity index (χ4v) is 1.84. The molecule has 1 rings (SSSR count). The van der Waals surface area contributed by atoms with Crippen molar-refractivity contribution in [3.05, 3.63) is 28.2 Å². The van der Waals surface area contributed by atoms with E-state index in [9.17, 15) is 4.79 Å². The highest BCUT2D eigenvalue weighted by Crippen LogP contribution is 2.27. The van der Waals surface area contributed by atoms with Crippen molar-refractivity contribution in [2.75, 3.05) is 15.9 Å². The van der Waals surface area contributed by atoms with Crippen LogP contribution < -0.4 is 4.90 Å². The average molecular weight is 374 g/mol. The lowest BCUT2D eigenvalue weighted by Crippen LogP contribution is -2.30. The molecule has 0 aliphatic carbocycles. The Kier molecular flexibility index (Phi) is 5.64. The number of alkyl halides is 1. The fraction of sp³-hybridized carbons (Fsp3) is 0.300. The lowest BCUT2D eigenvalue weighted by Gasteiger charge is -2.19. The van der Waals surface area contributed by atoms with Gasteiger partial charge in [-0.05, 0) is 24.6 Å². The van der Waals surface area contributed by atoms with E-state index in [0.29, 0.717) is 22.3 Å². The molecule has 0 radical (unpaired) electrons. The highest BCUT2D eigenvalue weighted by Gasteiger charge is 2.14. The number of amides is 1. The van der Waals surface area contributed by atoms with Gasteiger partial charge in [-0.1, -0.05) is 45.8 Å². The first-order chi connectivity index (χ1) is 7.56. The summed E-state index contributed by atoms with van der Waals surface area (Å²) in [7, 11) is 0. The third-order valence-electron chi connectivity index (χ3n) is 1.96. The van der Waals surface area contributed by atoms with Crippen LogP contribution in [0.25, 0.3) is 0 Å². The first kappa shape index (κ1) is 13.9. The number of nitrogens with zero attached hydrogens (tertiary/aromatic N) is 1. The van der Waals surface area contributed by atoms with E-state index in [4.69, 9.17) is 28.3 Å². The van der Waals surface area contributed by atoms with Gasteiger partial charge in [0.25, 0.3) is 0 Å². The van der Waals surface area contributed by atoms with Crippen LogP contribution in [0.3, 0.4) is 0 Å². The zero-order chi connectivity index (χ0) is 12.1. The van der Waals surface area contributed by atoms with Gasteiger partial charge in [0.15, 0.2) is 0 Å².